The minimum atomic E-state index is -3.04. The number of aromatic nitrogens is 4. The molecule has 0 aliphatic carbocycles. The molecule has 0 aromatic carbocycles. The number of aromatic amines is 1. The number of sulfonamides is 1. The standard InChI is InChI=1S/C11H16N6O2S/c1-2-20(18,19)17-4-8(5-17)3-12-10-9-11(14-6-13-9)16-7-15-10/h6-8H,2-5H2,1H3,(H2,12,13,14,15,16). The molecular weight excluding hydrogens is 280 g/mol. The number of fused-ring (bicyclic) bond motifs is 1. The first kappa shape index (κ1) is 13.3. The van der Waals surface area contributed by atoms with Crippen molar-refractivity contribution in [2.45, 2.75) is 6.92 Å². The van der Waals surface area contributed by atoms with Gasteiger partial charge in [-0.1, -0.05) is 0 Å². The molecule has 2 N–H and O–H groups in total. The van der Waals surface area contributed by atoms with Gasteiger partial charge in [0.25, 0.3) is 0 Å². The van der Waals surface area contributed by atoms with Crippen molar-refractivity contribution in [2.75, 3.05) is 30.7 Å². The number of nitrogens with zero attached hydrogens (tertiary/aromatic N) is 4. The molecule has 0 radical (unpaired) electrons. The summed E-state index contributed by atoms with van der Waals surface area (Å²) >= 11 is 0. The van der Waals surface area contributed by atoms with Gasteiger partial charge in [0.1, 0.15) is 11.8 Å². The van der Waals surface area contributed by atoms with Crippen molar-refractivity contribution >= 4 is 27.0 Å². The monoisotopic (exact) mass is 296 g/mol. The molecule has 3 rings (SSSR count). The maximum absolute atomic E-state index is 11.6. The van der Waals surface area contributed by atoms with E-state index in [4.69, 9.17) is 0 Å². The zero-order valence-electron chi connectivity index (χ0n) is 11.1. The van der Waals surface area contributed by atoms with E-state index in [-0.39, 0.29) is 5.75 Å². The second-order valence-electron chi connectivity index (χ2n) is 4.79. The molecule has 2 aromatic heterocycles. The Balaban J connectivity index is 1.58. The van der Waals surface area contributed by atoms with Crippen molar-refractivity contribution in [1.82, 2.24) is 24.2 Å². The molecule has 1 aliphatic heterocycles. The molecule has 9 heteroatoms. The molecule has 0 atom stereocenters. The Hall–Kier alpha value is -1.74. The minimum absolute atomic E-state index is 0.161. The first-order chi connectivity index (χ1) is 9.60. The molecule has 1 aliphatic rings. The van der Waals surface area contributed by atoms with Crippen LogP contribution in [0.5, 0.6) is 0 Å². The lowest BCUT2D eigenvalue weighted by atomic mass is 10.0. The van der Waals surface area contributed by atoms with Crippen molar-refractivity contribution in [3.63, 3.8) is 0 Å². The maximum Gasteiger partial charge on any atom is 0.213 e. The van der Waals surface area contributed by atoms with Crippen LogP contribution in [0.3, 0.4) is 0 Å². The Labute approximate surface area is 116 Å². The van der Waals surface area contributed by atoms with E-state index in [1.807, 2.05) is 0 Å². The van der Waals surface area contributed by atoms with Gasteiger partial charge >= 0.3 is 0 Å². The molecule has 20 heavy (non-hydrogen) atoms. The third kappa shape index (κ3) is 2.34. The lowest BCUT2D eigenvalue weighted by molar-refractivity contribution is 0.212. The normalized spacial score (nSPS) is 17.2. The first-order valence-electron chi connectivity index (χ1n) is 6.46. The largest absolute Gasteiger partial charge is 0.368 e. The lowest BCUT2D eigenvalue weighted by Gasteiger charge is -2.37. The number of hydrogen-bond donors (Lipinski definition) is 2. The average molecular weight is 296 g/mol. The molecule has 2 aromatic rings. The number of imidazole rings is 1. The van der Waals surface area contributed by atoms with Gasteiger partial charge in [0.15, 0.2) is 11.5 Å². The highest BCUT2D eigenvalue weighted by molar-refractivity contribution is 7.89. The maximum atomic E-state index is 11.6. The van der Waals surface area contributed by atoms with Gasteiger partial charge in [0.05, 0.1) is 12.1 Å². The number of nitrogens with one attached hydrogen (secondary N) is 2. The van der Waals surface area contributed by atoms with Crippen LogP contribution in [0, 0.1) is 5.92 Å². The van der Waals surface area contributed by atoms with Crippen LogP contribution in [0.15, 0.2) is 12.7 Å². The molecule has 0 saturated carbocycles. The summed E-state index contributed by atoms with van der Waals surface area (Å²) in [6.07, 6.45) is 3.03. The predicted octanol–water partition coefficient (Wildman–Crippen LogP) is 0.0463. The van der Waals surface area contributed by atoms with Crippen LogP contribution in [0.2, 0.25) is 0 Å². The summed E-state index contributed by atoms with van der Waals surface area (Å²) in [6, 6.07) is 0. The van der Waals surface area contributed by atoms with Gasteiger partial charge in [0.2, 0.25) is 10.0 Å². The summed E-state index contributed by atoms with van der Waals surface area (Å²) in [5.74, 6) is 1.17. The van der Waals surface area contributed by atoms with E-state index >= 15 is 0 Å². The first-order valence-corrected chi connectivity index (χ1v) is 8.07. The van der Waals surface area contributed by atoms with Crippen LogP contribution in [0.1, 0.15) is 6.92 Å². The third-order valence-corrected chi connectivity index (χ3v) is 5.28. The Bertz CT molecular complexity index is 707. The molecule has 108 valence electrons. The fraction of sp³-hybridized carbons (Fsp3) is 0.545. The molecule has 0 bridgehead atoms. The minimum Gasteiger partial charge on any atom is -0.368 e. The highest BCUT2D eigenvalue weighted by atomic mass is 32.2. The fourth-order valence-corrected chi connectivity index (χ4v) is 3.44. The van der Waals surface area contributed by atoms with Crippen molar-refractivity contribution in [2.24, 2.45) is 5.92 Å². The van der Waals surface area contributed by atoms with Gasteiger partial charge in [-0.25, -0.2) is 27.7 Å². The van der Waals surface area contributed by atoms with Gasteiger partial charge in [-0.15, -0.1) is 0 Å². The van der Waals surface area contributed by atoms with E-state index in [1.165, 1.54) is 10.6 Å². The molecule has 1 fully saturated rings. The molecule has 3 heterocycles. The van der Waals surface area contributed by atoms with Crippen molar-refractivity contribution in [3.8, 4) is 0 Å². The summed E-state index contributed by atoms with van der Waals surface area (Å²) < 4.78 is 24.7. The molecular formula is C11H16N6O2S. The molecule has 0 amide bonds. The van der Waals surface area contributed by atoms with E-state index in [9.17, 15) is 8.42 Å². The third-order valence-electron chi connectivity index (χ3n) is 3.46. The second-order valence-corrected chi connectivity index (χ2v) is 7.05. The molecule has 8 nitrogen and oxygen atoms in total. The Kier molecular flexibility index (Phi) is 3.30. The highest BCUT2D eigenvalue weighted by Gasteiger charge is 2.34. The molecule has 0 spiro atoms. The summed E-state index contributed by atoms with van der Waals surface area (Å²) in [6.45, 7) is 3.48. The predicted molar refractivity (Wildman–Crippen MR) is 74.7 cm³/mol. The van der Waals surface area contributed by atoms with Gasteiger partial charge in [-0.3, -0.25) is 0 Å². The topological polar surface area (TPSA) is 104 Å². The van der Waals surface area contributed by atoms with E-state index in [2.05, 4.69) is 25.3 Å². The van der Waals surface area contributed by atoms with E-state index in [1.54, 1.807) is 13.3 Å². The van der Waals surface area contributed by atoms with Crippen LogP contribution < -0.4 is 5.32 Å². The zero-order valence-corrected chi connectivity index (χ0v) is 11.9. The van der Waals surface area contributed by atoms with Gasteiger partial charge in [-0.2, -0.15) is 0 Å². The smallest absolute Gasteiger partial charge is 0.213 e. The van der Waals surface area contributed by atoms with Gasteiger partial charge < -0.3 is 10.3 Å². The number of H-pyrrole nitrogens is 1. The fourth-order valence-electron chi connectivity index (χ4n) is 2.20. The quantitative estimate of drug-likeness (QED) is 0.807. The molecule has 0 unspecified atom stereocenters. The van der Waals surface area contributed by atoms with Crippen molar-refractivity contribution < 1.29 is 8.42 Å². The van der Waals surface area contributed by atoms with Crippen LogP contribution >= 0.6 is 0 Å². The SMILES string of the molecule is CCS(=O)(=O)N1CC(CNc2ncnc3nc[nH]c23)C1. The highest BCUT2D eigenvalue weighted by Crippen LogP contribution is 2.21. The van der Waals surface area contributed by atoms with Crippen LogP contribution in [0.4, 0.5) is 5.82 Å². The van der Waals surface area contributed by atoms with E-state index in [0.717, 1.165) is 5.52 Å². The Morgan fingerprint density at radius 1 is 1.40 bits per heavy atom. The number of hydrogen-bond acceptors (Lipinski definition) is 6. The number of anilines is 1. The van der Waals surface area contributed by atoms with Crippen molar-refractivity contribution in [1.29, 1.82) is 0 Å². The van der Waals surface area contributed by atoms with Crippen LogP contribution in [-0.4, -0.2) is 58.0 Å². The zero-order chi connectivity index (χ0) is 14.2. The van der Waals surface area contributed by atoms with Crippen LogP contribution in [0.25, 0.3) is 11.2 Å². The van der Waals surface area contributed by atoms with E-state index in [0.29, 0.717) is 37.0 Å². The average Bonchev–Trinajstić information content (AvgIpc) is 2.85. The summed E-state index contributed by atoms with van der Waals surface area (Å²) in [4.78, 5) is 15.3. The number of rotatable bonds is 5. The van der Waals surface area contributed by atoms with Crippen molar-refractivity contribution in [3.05, 3.63) is 12.7 Å². The van der Waals surface area contributed by atoms with Gasteiger partial charge in [-0.05, 0) is 6.92 Å². The van der Waals surface area contributed by atoms with Crippen LogP contribution in [-0.2, 0) is 10.0 Å². The Morgan fingerprint density at radius 2 is 2.20 bits per heavy atom. The summed E-state index contributed by atoms with van der Waals surface area (Å²) in [7, 11) is -3.04. The lowest BCUT2D eigenvalue weighted by Crippen LogP contribution is -2.52. The van der Waals surface area contributed by atoms with E-state index < -0.39 is 10.0 Å². The Morgan fingerprint density at radius 3 is 2.95 bits per heavy atom. The summed E-state index contributed by atoms with van der Waals surface area (Å²) in [5, 5.41) is 3.22. The molecule has 1 saturated heterocycles. The summed E-state index contributed by atoms with van der Waals surface area (Å²) in [5.41, 5.74) is 1.39. The van der Waals surface area contributed by atoms with Gasteiger partial charge in [0, 0.05) is 25.6 Å². The second kappa shape index (κ2) is 4.98.